The van der Waals surface area contributed by atoms with E-state index in [0.29, 0.717) is 6.04 Å². The number of nitrogens with zero attached hydrogens (tertiary/aromatic N) is 1. The van der Waals surface area contributed by atoms with Crippen molar-refractivity contribution in [1.82, 2.24) is 20.8 Å². The van der Waals surface area contributed by atoms with Crippen molar-refractivity contribution in [1.29, 1.82) is 0 Å². The summed E-state index contributed by atoms with van der Waals surface area (Å²) in [5, 5.41) is 13.9. The molecule has 2 rings (SSSR count). The van der Waals surface area contributed by atoms with Crippen LogP contribution in [-0.2, 0) is 6.54 Å². The average Bonchev–Trinajstić information content (AvgIpc) is 2.63. The molecule has 78 valence electrons. The minimum atomic E-state index is 0.623. The molecule has 0 bridgehead atoms. The Morgan fingerprint density at radius 3 is 3.21 bits per heavy atom. The van der Waals surface area contributed by atoms with Crippen molar-refractivity contribution in [2.45, 2.75) is 32.4 Å². The molecule has 1 aromatic heterocycles. The van der Waals surface area contributed by atoms with Gasteiger partial charge in [0.2, 0.25) is 0 Å². The van der Waals surface area contributed by atoms with E-state index in [1.807, 2.05) is 6.20 Å². The maximum absolute atomic E-state index is 4.00. The molecule has 1 fully saturated rings. The number of hydrogen-bond donors (Lipinski definition) is 3. The van der Waals surface area contributed by atoms with E-state index in [9.17, 15) is 0 Å². The van der Waals surface area contributed by atoms with Crippen LogP contribution in [0.25, 0.3) is 0 Å². The van der Waals surface area contributed by atoms with E-state index >= 15 is 0 Å². The third-order valence-electron chi connectivity index (χ3n) is 2.81. The monoisotopic (exact) mass is 194 g/mol. The van der Waals surface area contributed by atoms with E-state index in [1.54, 1.807) is 0 Å². The highest BCUT2D eigenvalue weighted by atomic mass is 15.1. The number of aryl methyl sites for hydroxylation is 1. The molecule has 0 aliphatic carbocycles. The van der Waals surface area contributed by atoms with Crippen LogP contribution in [0.15, 0.2) is 6.20 Å². The van der Waals surface area contributed by atoms with Gasteiger partial charge >= 0.3 is 0 Å². The molecule has 1 saturated heterocycles. The van der Waals surface area contributed by atoms with E-state index in [2.05, 4.69) is 27.8 Å². The maximum atomic E-state index is 4.00. The molecule has 0 spiro atoms. The second-order valence-electron chi connectivity index (χ2n) is 3.94. The highest BCUT2D eigenvalue weighted by Crippen LogP contribution is 2.05. The molecule has 0 amide bonds. The highest BCUT2D eigenvalue weighted by Gasteiger charge is 2.12. The predicted molar refractivity (Wildman–Crippen MR) is 56.1 cm³/mol. The first-order valence-electron chi connectivity index (χ1n) is 5.29. The summed E-state index contributed by atoms with van der Waals surface area (Å²) >= 11 is 0. The minimum absolute atomic E-state index is 0.623. The normalized spacial score (nSPS) is 22.5. The number of aromatic nitrogens is 2. The van der Waals surface area contributed by atoms with Gasteiger partial charge in [0.25, 0.3) is 0 Å². The van der Waals surface area contributed by atoms with Crippen LogP contribution < -0.4 is 10.6 Å². The van der Waals surface area contributed by atoms with Crippen LogP contribution in [0.2, 0.25) is 0 Å². The summed E-state index contributed by atoms with van der Waals surface area (Å²) < 4.78 is 0. The first kappa shape index (κ1) is 9.68. The second-order valence-corrected chi connectivity index (χ2v) is 3.94. The molecule has 1 aliphatic rings. The Morgan fingerprint density at radius 2 is 2.57 bits per heavy atom. The van der Waals surface area contributed by atoms with Gasteiger partial charge in [-0.15, -0.1) is 0 Å². The van der Waals surface area contributed by atoms with Crippen molar-refractivity contribution in [2.24, 2.45) is 0 Å². The van der Waals surface area contributed by atoms with Crippen molar-refractivity contribution in [3.05, 3.63) is 17.5 Å². The molecule has 1 atom stereocenters. The Morgan fingerprint density at radius 1 is 1.64 bits per heavy atom. The van der Waals surface area contributed by atoms with Crippen molar-refractivity contribution >= 4 is 0 Å². The zero-order valence-corrected chi connectivity index (χ0v) is 8.64. The van der Waals surface area contributed by atoms with Crippen LogP contribution in [0.5, 0.6) is 0 Å². The Kier molecular flexibility index (Phi) is 3.16. The van der Waals surface area contributed by atoms with Gasteiger partial charge in [-0.3, -0.25) is 5.10 Å². The molecule has 2 heterocycles. The van der Waals surface area contributed by atoms with Crippen LogP contribution >= 0.6 is 0 Å². The first-order chi connectivity index (χ1) is 6.86. The molecule has 14 heavy (non-hydrogen) atoms. The number of H-pyrrole nitrogens is 1. The number of aromatic amines is 1. The third kappa shape index (κ3) is 2.33. The molecule has 0 radical (unpaired) electrons. The molecule has 0 saturated carbocycles. The van der Waals surface area contributed by atoms with E-state index in [4.69, 9.17) is 0 Å². The van der Waals surface area contributed by atoms with Gasteiger partial charge in [0.1, 0.15) is 0 Å². The van der Waals surface area contributed by atoms with Gasteiger partial charge in [0, 0.05) is 30.4 Å². The number of nitrogens with one attached hydrogen (secondary N) is 3. The Hall–Kier alpha value is -0.870. The largest absolute Gasteiger partial charge is 0.315 e. The van der Waals surface area contributed by atoms with Gasteiger partial charge in [-0.1, -0.05) is 0 Å². The molecule has 3 N–H and O–H groups in total. The summed E-state index contributed by atoms with van der Waals surface area (Å²) in [5.74, 6) is 0. The van der Waals surface area contributed by atoms with E-state index < -0.39 is 0 Å². The third-order valence-corrected chi connectivity index (χ3v) is 2.81. The van der Waals surface area contributed by atoms with Crippen LogP contribution in [0.3, 0.4) is 0 Å². The SMILES string of the molecule is Cc1[nH]ncc1CNC1CCCNC1. The van der Waals surface area contributed by atoms with Gasteiger partial charge in [0.05, 0.1) is 6.20 Å². The van der Waals surface area contributed by atoms with Crippen LogP contribution in [0.4, 0.5) is 0 Å². The lowest BCUT2D eigenvalue weighted by atomic mass is 10.1. The van der Waals surface area contributed by atoms with Crippen molar-refractivity contribution < 1.29 is 0 Å². The van der Waals surface area contributed by atoms with Crippen LogP contribution in [-0.4, -0.2) is 29.3 Å². The van der Waals surface area contributed by atoms with Crippen molar-refractivity contribution in [3.63, 3.8) is 0 Å². The maximum Gasteiger partial charge on any atom is 0.0535 e. The van der Waals surface area contributed by atoms with Crippen LogP contribution in [0.1, 0.15) is 24.1 Å². The van der Waals surface area contributed by atoms with Gasteiger partial charge in [-0.05, 0) is 26.3 Å². The molecule has 1 aliphatic heterocycles. The van der Waals surface area contributed by atoms with Gasteiger partial charge in [0.15, 0.2) is 0 Å². The molecule has 0 aromatic carbocycles. The summed E-state index contributed by atoms with van der Waals surface area (Å²) in [5.41, 5.74) is 2.44. The smallest absolute Gasteiger partial charge is 0.0535 e. The zero-order valence-electron chi connectivity index (χ0n) is 8.64. The summed E-state index contributed by atoms with van der Waals surface area (Å²) in [6.45, 7) is 5.25. The first-order valence-corrected chi connectivity index (χ1v) is 5.29. The van der Waals surface area contributed by atoms with Crippen molar-refractivity contribution in [3.8, 4) is 0 Å². The standard InChI is InChI=1S/C10H18N4/c1-8-9(6-13-14-8)5-12-10-3-2-4-11-7-10/h6,10-12H,2-5,7H2,1H3,(H,13,14). The molecule has 1 aromatic rings. The lowest BCUT2D eigenvalue weighted by Crippen LogP contribution is -2.42. The fourth-order valence-electron chi connectivity index (χ4n) is 1.83. The molecule has 4 nitrogen and oxygen atoms in total. The summed E-state index contributed by atoms with van der Waals surface area (Å²) in [4.78, 5) is 0. The lowest BCUT2D eigenvalue weighted by Gasteiger charge is -2.23. The predicted octanol–water partition coefficient (Wildman–Crippen LogP) is 0.560. The number of rotatable bonds is 3. The second kappa shape index (κ2) is 4.57. The van der Waals surface area contributed by atoms with E-state index in [-0.39, 0.29) is 0 Å². The van der Waals surface area contributed by atoms with Crippen LogP contribution in [0, 0.1) is 6.92 Å². The van der Waals surface area contributed by atoms with Gasteiger partial charge < -0.3 is 10.6 Å². The summed E-state index contributed by atoms with van der Waals surface area (Å²) in [6.07, 6.45) is 4.46. The quantitative estimate of drug-likeness (QED) is 0.659. The minimum Gasteiger partial charge on any atom is -0.315 e. The Labute approximate surface area is 84.5 Å². The summed E-state index contributed by atoms with van der Waals surface area (Å²) in [7, 11) is 0. The summed E-state index contributed by atoms with van der Waals surface area (Å²) in [6, 6.07) is 0.623. The topological polar surface area (TPSA) is 52.7 Å². The van der Waals surface area contributed by atoms with E-state index in [1.165, 1.54) is 30.6 Å². The van der Waals surface area contributed by atoms with Gasteiger partial charge in [-0.25, -0.2) is 0 Å². The highest BCUT2D eigenvalue weighted by molar-refractivity contribution is 5.13. The Balaban J connectivity index is 1.79. The van der Waals surface area contributed by atoms with Crippen molar-refractivity contribution in [2.75, 3.05) is 13.1 Å². The molecule has 1 unspecified atom stereocenters. The average molecular weight is 194 g/mol. The fourth-order valence-corrected chi connectivity index (χ4v) is 1.83. The fraction of sp³-hybridized carbons (Fsp3) is 0.700. The van der Waals surface area contributed by atoms with E-state index in [0.717, 1.165) is 13.1 Å². The lowest BCUT2D eigenvalue weighted by molar-refractivity contribution is 0.389. The molecular weight excluding hydrogens is 176 g/mol. The number of piperidine rings is 1. The Bertz CT molecular complexity index is 275. The zero-order chi connectivity index (χ0) is 9.80. The molecule has 4 heteroatoms. The number of hydrogen-bond acceptors (Lipinski definition) is 3. The molecular formula is C10H18N4. The van der Waals surface area contributed by atoms with Gasteiger partial charge in [-0.2, -0.15) is 5.10 Å².